The average Bonchev–Trinajstić information content (AvgIpc) is 3.20. The Kier molecular flexibility index (Phi) is 5.50. The molecular weight excluding hydrogens is 350 g/mol. The van der Waals surface area contributed by atoms with Crippen LogP contribution in [0.15, 0.2) is 42.5 Å². The van der Waals surface area contributed by atoms with Crippen LogP contribution in [0.5, 0.6) is 17.2 Å². The van der Waals surface area contributed by atoms with Crippen molar-refractivity contribution in [3.63, 3.8) is 0 Å². The van der Waals surface area contributed by atoms with Gasteiger partial charge in [0, 0.05) is 5.56 Å². The molecule has 0 radical (unpaired) electrons. The van der Waals surface area contributed by atoms with E-state index in [9.17, 15) is 4.79 Å². The van der Waals surface area contributed by atoms with Crippen molar-refractivity contribution in [1.82, 2.24) is 25.5 Å². The molecule has 0 spiro atoms. The minimum absolute atomic E-state index is 0.159. The van der Waals surface area contributed by atoms with Crippen molar-refractivity contribution in [3.05, 3.63) is 53.9 Å². The number of carbonyl (C=O) groups is 1. The summed E-state index contributed by atoms with van der Waals surface area (Å²) >= 11 is 0. The summed E-state index contributed by atoms with van der Waals surface area (Å²) in [5, 5.41) is 14.4. The maximum absolute atomic E-state index is 12.4. The minimum Gasteiger partial charge on any atom is -0.497 e. The van der Waals surface area contributed by atoms with E-state index in [1.807, 2.05) is 24.3 Å². The third-order valence-corrected chi connectivity index (χ3v) is 3.90. The van der Waals surface area contributed by atoms with Crippen molar-refractivity contribution < 1.29 is 19.0 Å². The van der Waals surface area contributed by atoms with Crippen molar-refractivity contribution in [2.24, 2.45) is 0 Å². The van der Waals surface area contributed by atoms with Crippen LogP contribution in [0.3, 0.4) is 0 Å². The smallest absolute Gasteiger partial charge is 0.251 e. The second-order valence-electron chi connectivity index (χ2n) is 5.46. The van der Waals surface area contributed by atoms with Gasteiger partial charge in [-0.05, 0) is 52.9 Å². The fraction of sp³-hybridized carbons (Fsp3) is 0.222. The molecule has 0 saturated heterocycles. The second kappa shape index (κ2) is 8.17. The maximum atomic E-state index is 12.4. The summed E-state index contributed by atoms with van der Waals surface area (Å²) in [4.78, 5) is 12.4. The zero-order valence-electron chi connectivity index (χ0n) is 15.2. The summed E-state index contributed by atoms with van der Waals surface area (Å²) in [5.41, 5.74) is 1.20. The lowest BCUT2D eigenvalue weighted by molar-refractivity contribution is 0.0949. The van der Waals surface area contributed by atoms with Gasteiger partial charge in [0.05, 0.1) is 33.6 Å². The summed E-state index contributed by atoms with van der Waals surface area (Å²) in [6.07, 6.45) is 0. The van der Waals surface area contributed by atoms with E-state index in [0.717, 1.165) is 11.4 Å². The lowest BCUT2D eigenvalue weighted by Gasteiger charge is -2.10. The Balaban J connectivity index is 1.72. The molecule has 0 aliphatic carbocycles. The van der Waals surface area contributed by atoms with Crippen LogP contribution in [-0.2, 0) is 6.54 Å². The highest BCUT2D eigenvalue weighted by atomic mass is 16.5. The van der Waals surface area contributed by atoms with Gasteiger partial charge in [-0.25, -0.2) is 0 Å². The van der Waals surface area contributed by atoms with E-state index in [1.165, 1.54) is 14.2 Å². The van der Waals surface area contributed by atoms with Crippen LogP contribution >= 0.6 is 0 Å². The molecule has 9 nitrogen and oxygen atoms in total. The molecule has 27 heavy (non-hydrogen) atoms. The van der Waals surface area contributed by atoms with E-state index in [4.69, 9.17) is 14.2 Å². The molecule has 0 atom stereocenters. The monoisotopic (exact) mass is 369 g/mol. The van der Waals surface area contributed by atoms with Gasteiger partial charge in [0.25, 0.3) is 5.91 Å². The molecule has 0 aliphatic heterocycles. The molecular formula is C18H19N5O4. The first-order valence-electron chi connectivity index (χ1n) is 8.08. The number of hydrogen-bond acceptors (Lipinski definition) is 7. The number of aromatic nitrogens is 4. The number of rotatable bonds is 7. The first kappa shape index (κ1) is 18.2. The Hall–Kier alpha value is -3.62. The largest absolute Gasteiger partial charge is 0.497 e. The lowest BCUT2D eigenvalue weighted by Crippen LogP contribution is -2.24. The fourth-order valence-corrected chi connectivity index (χ4v) is 2.48. The van der Waals surface area contributed by atoms with E-state index in [1.54, 1.807) is 30.0 Å². The molecule has 1 heterocycles. The summed E-state index contributed by atoms with van der Waals surface area (Å²) in [5.74, 6) is 1.98. The molecule has 3 aromatic rings. The van der Waals surface area contributed by atoms with Gasteiger partial charge in [0.2, 0.25) is 0 Å². The van der Waals surface area contributed by atoms with Crippen LogP contribution in [0, 0.1) is 0 Å². The first-order valence-corrected chi connectivity index (χ1v) is 8.08. The highest BCUT2D eigenvalue weighted by molar-refractivity contribution is 5.94. The zero-order valence-corrected chi connectivity index (χ0v) is 15.2. The van der Waals surface area contributed by atoms with Crippen LogP contribution in [0.4, 0.5) is 0 Å². The van der Waals surface area contributed by atoms with Crippen LogP contribution in [0.1, 0.15) is 16.2 Å². The summed E-state index contributed by atoms with van der Waals surface area (Å²) in [7, 11) is 4.65. The molecule has 2 aromatic carbocycles. The molecule has 0 unspecified atom stereocenters. The van der Waals surface area contributed by atoms with Crippen molar-refractivity contribution in [2.75, 3.05) is 21.3 Å². The maximum Gasteiger partial charge on any atom is 0.251 e. The Morgan fingerprint density at radius 2 is 1.74 bits per heavy atom. The molecule has 0 saturated carbocycles. The van der Waals surface area contributed by atoms with E-state index in [0.29, 0.717) is 22.9 Å². The van der Waals surface area contributed by atoms with Crippen LogP contribution < -0.4 is 19.5 Å². The average molecular weight is 369 g/mol. The summed E-state index contributed by atoms with van der Waals surface area (Å²) in [6, 6.07) is 12.2. The van der Waals surface area contributed by atoms with Crippen LogP contribution in [0.25, 0.3) is 5.69 Å². The molecule has 0 aliphatic rings. The number of nitrogens with one attached hydrogen (secondary N) is 1. The molecule has 0 fully saturated rings. The number of amides is 1. The predicted octanol–water partition coefficient (Wildman–Crippen LogP) is 1.62. The number of hydrogen-bond donors (Lipinski definition) is 1. The molecule has 1 aromatic heterocycles. The van der Waals surface area contributed by atoms with Gasteiger partial charge in [-0.2, -0.15) is 4.68 Å². The van der Waals surface area contributed by atoms with Gasteiger partial charge in [-0.15, -0.1) is 5.10 Å². The van der Waals surface area contributed by atoms with Crippen molar-refractivity contribution in [2.45, 2.75) is 6.54 Å². The van der Waals surface area contributed by atoms with Gasteiger partial charge in [-0.3, -0.25) is 4.79 Å². The van der Waals surface area contributed by atoms with Crippen molar-refractivity contribution in [1.29, 1.82) is 0 Å². The van der Waals surface area contributed by atoms with Crippen LogP contribution in [-0.4, -0.2) is 47.4 Å². The van der Waals surface area contributed by atoms with E-state index >= 15 is 0 Å². The summed E-state index contributed by atoms with van der Waals surface area (Å²) < 4.78 is 17.1. The van der Waals surface area contributed by atoms with Crippen molar-refractivity contribution in [3.8, 4) is 22.9 Å². The fourth-order valence-electron chi connectivity index (χ4n) is 2.48. The molecule has 1 N–H and O–H groups in total. The van der Waals surface area contributed by atoms with Gasteiger partial charge in [-0.1, -0.05) is 0 Å². The molecule has 140 valence electrons. The lowest BCUT2D eigenvalue weighted by atomic mass is 10.2. The van der Waals surface area contributed by atoms with Gasteiger partial charge in [0.15, 0.2) is 17.3 Å². The third kappa shape index (κ3) is 3.97. The van der Waals surface area contributed by atoms with Gasteiger partial charge >= 0.3 is 0 Å². The van der Waals surface area contributed by atoms with Crippen molar-refractivity contribution >= 4 is 5.91 Å². The molecule has 9 heteroatoms. The number of nitrogens with zero attached hydrogens (tertiary/aromatic N) is 4. The number of carbonyl (C=O) groups excluding carboxylic acids is 1. The first-order chi connectivity index (χ1) is 13.2. The number of benzene rings is 2. The number of ether oxygens (including phenoxy) is 3. The van der Waals surface area contributed by atoms with E-state index < -0.39 is 0 Å². The van der Waals surface area contributed by atoms with Gasteiger partial charge in [0.1, 0.15) is 5.75 Å². The Bertz CT molecular complexity index is 924. The Labute approximate surface area is 155 Å². The standard InChI is InChI=1S/C18H19N5O4/c1-25-14-7-5-13(6-8-14)23-17(20-21-22-23)11-19-18(24)12-4-9-15(26-2)16(10-12)27-3/h4-10H,11H2,1-3H3,(H,19,24). The topological polar surface area (TPSA) is 100 Å². The van der Waals surface area contributed by atoms with E-state index in [-0.39, 0.29) is 12.5 Å². The normalized spacial score (nSPS) is 10.3. The molecule has 3 rings (SSSR count). The van der Waals surface area contributed by atoms with E-state index in [2.05, 4.69) is 20.8 Å². The Morgan fingerprint density at radius 3 is 2.41 bits per heavy atom. The zero-order chi connectivity index (χ0) is 19.2. The number of tetrazole rings is 1. The predicted molar refractivity (Wildman–Crippen MR) is 96.4 cm³/mol. The summed E-state index contributed by atoms with van der Waals surface area (Å²) in [6.45, 7) is 0.159. The molecule has 0 bridgehead atoms. The third-order valence-electron chi connectivity index (χ3n) is 3.90. The highest BCUT2D eigenvalue weighted by Gasteiger charge is 2.13. The van der Waals surface area contributed by atoms with Gasteiger partial charge < -0.3 is 19.5 Å². The number of methoxy groups -OCH3 is 3. The second-order valence-corrected chi connectivity index (χ2v) is 5.46. The highest BCUT2D eigenvalue weighted by Crippen LogP contribution is 2.27. The minimum atomic E-state index is -0.278. The quantitative estimate of drug-likeness (QED) is 0.675. The SMILES string of the molecule is COc1ccc(-n2nnnc2CNC(=O)c2ccc(OC)c(OC)c2)cc1. The molecule has 1 amide bonds. The Morgan fingerprint density at radius 1 is 1.00 bits per heavy atom. The van der Waals surface area contributed by atoms with Crippen LogP contribution in [0.2, 0.25) is 0 Å².